The van der Waals surface area contributed by atoms with Crippen LogP contribution >= 0.6 is 0 Å². The number of Topliss-reactive ketones (excluding diaryl/α,β-unsaturated/α-hetero) is 2. The molecule has 1 aliphatic rings. The number of carbonyl (C=O) groups excluding carboxylic acids is 2. The fraction of sp³-hybridized carbons (Fsp3) is 0.733. The van der Waals surface area contributed by atoms with Crippen LogP contribution < -0.4 is 0 Å². The normalized spacial score (nSPS) is 31.2. The van der Waals surface area contributed by atoms with Crippen LogP contribution in [-0.4, -0.2) is 11.6 Å². The summed E-state index contributed by atoms with van der Waals surface area (Å²) in [6.07, 6.45) is 4.90. The van der Waals surface area contributed by atoms with Crippen LogP contribution in [0.3, 0.4) is 0 Å². The predicted octanol–water partition coefficient (Wildman–Crippen LogP) is 3.55. The van der Waals surface area contributed by atoms with E-state index in [1.807, 2.05) is 27.7 Å². The van der Waals surface area contributed by atoms with Crippen molar-refractivity contribution in [3.63, 3.8) is 0 Å². The molecule has 0 aromatic carbocycles. The maximum atomic E-state index is 12.1. The molecule has 2 atom stereocenters. The van der Waals surface area contributed by atoms with Crippen LogP contribution in [0, 0.1) is 17.8 Å². The van der Waals surface area contributed by atoms with Crippen molar-refractivity contribution < 1.29 is 9.59 Å². The van der Waals surface area contributed by atoms with Gasteiger partial charge in [-0.2, -0.15) is 0 Å². The van der Waals surface area contributed by atoms with Gasteiger partial charge in [0.15, 0.2) is 0 Å². The molecule has 0 heterocycles. The van der Waals surface area contributed by atoms with Crippen molar-refractivity contribution in [1.82, 2.24) is 0 Å². The van der Waals surface area contributed by atoms with Crippen molar-refractivity contribution in [3.05, 3.63) is 11.6 Å². The highest BCUT2D eigenvalue weighted by Crippen LogP contribution is 2.25. The minimum absolute atomic E-state index is 0.0891. The number of ketones is 2. The first-order chi connectivity index (χ1) is 7.91. The van der Waals surface area contributed by atoms with Crippen molar-refractivity contribution in [1.29, 1.82) is 0 Å². The zero-order chi connectivity index (χ0) is 13.0. The highest BCUT2D eigenvalue weighted by molar-refractivity contribution is 5.90. The van der Waals surface area contributed by atoms with Gasteiger partial charge in [0.05, 0.1) is 0 Å². The molecule has 1 rings (SSSR count). The van der Waals surface area contributed by atoms with Crippen molar-refractivity contribution in [2.75, 3.05) is 0 Å². The molecule has 0 amide bonds. The molecule has 0 bridgehead atoms. The fourth-order valence-electron chi connectivity index (χ4n) is 2.36. The van der Waals surface area contributed by atoms with Gasteiger partial charge in [-0.15, -0.1) is 0 Å². The largest absolute Gasteiger partial charge is 0.299 e. The Labute approximate surface area is 104 Å². The molecule has 17 heavy (non-hydrogen) atoms. The zero-order valence-corrected chi connectivity index (χ0v) is 11.5. The van der Waals surface area contributed by atoms with Crippen LogP contribution in [0.5, 0.6) is 0 Å². The summed E-state index contributed by atoms with van der Waals surface area (Å²) >= 11 is 0. The average Bonchev–Trinajstić information content (AvgIpc) is 2.23. The van der Waals surface area contributed by atoms with E-state index in [4.69, 9.17) is 0 Å². The molecule has 2 heteroatoms. The van der Waals surface area contributed by atoms with Gasteiger partial charge in [0, 0.05) is 24.7 Å². The van der Waals surface area contributed by atoms with Crippen molar-refractivity contribution in [2.24, 2.45) is 17.8 Å². The molecule has 0 radical (unpaired) electrons. The van der Waals surface area contributed by atoms with Gasteiger partial charge >= 0.3 is 0 Å². The van der Waals surface area contributed by atoms with E-state index in [2.05, 4.69) is 6.08 Å². The number of allylic oxidation sites excluding steroid dienone is 2. The van der Waals surface area contributed by atoms with Gasteiger partial charge in [-0.3, -0.25) is 9.59 Å². The van der Waals surface area contributed by atoms with Gasteiger partial charge in [-0.1, -0.05) is 32.4 Å². The highest BCUT2D eigenvalue weighted by Gasteiger charge is 2.27. The maximum Gasteiger partial charge on any atom is 0.140 e. The van der Waals surface area contributed by atoms with Crippen molar-refractivity contribution in [3.8, 4) is 0 Å². The lowest BCUT2D eigenvalue weighted by atomic mass is 9.81. The van der Waals surface area contributed by atoms with Crippen LogP contribution in [0.2, 0.25) is 0 Å². The van der Waals surface area contributed by atoms with Gasteiger partial charge in [-0.05, 0) is 25.7 Å². The van der Waals surface area contributed by atoms with E-state index in [1.54, 1.807) is 0 Å². The van der Waals surface area contributed by atoms with Crippen LogP contribution in [-0.2, 0) is 9.59 Å². The van der Waals surface area contributed by atoms with Crippen LogP contribution in [0.25, 0.3) is 0 Å². The summed E-state index contributed by atoms with van der Waals surface area (Å²) in [6, 6.07) is 0. The van der Waals surface area contributed by atoms with Crippen LogP contribution in [0.4, 0.5) is 0 Å². The molecular formula is C15H24O2. The number of hydrogen-bond acceptors (Lipinski definition) is 2. The maximum absolute atomic E-state index is 12.1. The molecule has 0 aromatic heterocycles. The molecule has 0 aliphatic heterocycles. The smallest absolute Gasteiger partial charge is 0.140 e. The minimum atomic E-state index is -0.0913. The van der Waals surface area contributed by atoms with Gasteiger partial charge in [0.25, 0.3) is 0 Å². The molecule has 0 unspecified atom stereocenters. The average molecular weight is 236 g/mol. The third-order valence-electron chi connectivity index (χ3n) is 3.73. The van der Waals surface area contributed by atoms with E-state index in [-0.39, 0.29) is 29.3 Å². The molecule has 0 fully saturated rings. The topological polar surface area (TPSA) is 34.1 Å². The highest BCUT2D eigenvalue weighted by atomic mass is 16.1. The Balaban J connectivity index is 2.90. The Morgan fingerprint density at radius 3 is 2.47 bits per heavy atom. The number of rotatable bonds is 1. The molecule has 0 spiro atoms. The third kappa shape index (κ3) is 4.10. The van der Waals surface area contributed by atoms with E-state index in [0.29, 0.717) is 12.8 Å². The minimum Gasteiger partial charge on any atom is -0.299 e. The van der Waals surface area contributed by atoms with Gasteiger partial charge in [-0.25, -0.2) is 0 Å². The quantitative estimate of drug-likeness (QED) is 0.652. The second kappa shape index (κ2) is 6.13. The number of hydrogen-bond donors (Lipinski definition) is 0. The molecule has 96 valence electrons. The SMILES string of the molecule is C/C1=C\CC[C@@H](C)C(=O)C[C@@H](C(C)C)C(=O)C1. The molecule has 0 saturated heterocycles. The second-order valence-electron chi connectivity index (χ2n) is 5.69. The lowest BCUT2D eigenvalue weighted by molar-refractivity contribution is -0.130. The first kappa shape index (κ1) is 14.1. The molecule has 2 nitrogen and oxygen atoms in total. The first-order valence-electron chi connectivity index (χ1n) is 6.63. The van der Waals surface area contributed by atoms with Gasteiger partial charge in [0.2, 0.25) is 0 Å². The molecule has 0 aromatic rings. The molecule has 1 aliphatic carbocycles. The molecule has 0 N–H and O–H groups in total. The lowest BCUT2D eigenvalue weighted by Crippen LogP contribution is -2.26. The molecular weight excluding hydrogens is 212 g/mol. The standard InChI is InChI=1S/C15H24O2/c1-10(2)13-9-14(16)12(4)7-5-6-11(3)8-15(13)17/h6,10,12-13H,5,7-9H2,1-4H3/b11-6+/t12-,13+/m1/s1. The third-order valence-corrected chi connectivity index (χ3v) is 3.73. The van der Waals surface area contributed by atoms with Gasteiger partial charge < -0.3 is 0 Å². The van der Waals surface area contributed by atoms with Crippen molar-refractivity contribution >= 4 is 11.6 Å². The summed E-state index contributed by atoms with van der Waals surface area (Å²) in [7, 11) is 0. The van der Waals surface area contributed by atoms with E-state index in [9.17, 15) is 9.59 Å². The monoisotopic (exact) mass is 236 g/mol. The Morgan fingerprint density at radius 1 is 1.24 bits per heavy atom. The Bertz CT molecular complexity index is 326. The Hall–Kier alpha value is -0.920. The first-order valence-corrected chi connectivity index (χ1v) is 6.63. The van der Waals surface area contributed by atoms with Crippen molar-refractivity contribution in [2.45, 2.75) is 53.4 Å². The van der Waals surface area contributed by atoms with Crippen LogP contribution in [0.1, 0.15) is 53.4 Å². The summed E-state index contributed by atoms with van der Waals surface area (Å²) in [5.74, 6) is 0.740. The van der Waals surface area contributed by atoms with E-state index < -0.39 is 0 Å². The number of carbonyl (C=O) groups is 2. The summed E-state index contributed by atoms with van der Waals surface area (Å²) in [5, 5.41) is 0. The molecule has 0 saturated carbocycles. The summed E-state index contributed by atoms with van der Waals surface area (Å²) in [4.78, 5) is 24.1. The Kier molecular flexibility index (Phi) is 5.10. The van der Waals surface area contributed by atoms with Crippen LogP contribution in [0.15, 0.2) is 11.6 Å². The summed E-state index contributed by atoms with van der Waals surface area (Å²) in [6.45, 7) is 8.06. The Morgan fingerprint density at radius 2 is 1.88 bits per heavy atom. The van der Waals surface area contributed by atoms with E-state index >= 15 is 0 Å². The van der Waals surface area contributed by atoms with Gasteiger partial charge in [0.1, 0.15) is 11.6 Å². The second-order valence-corrected chi connectivity index (χ2v) is 5.69. The summed E-state index contributed by atoms with van der Waals surface area (Å²) in [5.41, 5.74) is 1.15. The predicted molar refractivity (Wildman–Crippen MR) is 69.7 cm³/mol. The lowest BCUT2D eigenvalue weighted by Gasteiger charge is -2.22. The fourth-order valence-corrected chi connectivity index (χ4v) is 2.36. The summed E-state index contributed by atoms with van der Waals surface area (Å²) < 4.78 is 0. The zero-order valence-electron chi connectivity index (χ0n) is 11.5. The van der Waals surface area contributed by atoms with E-state index in [0.717, 1.165) is 18.4 Å². The van der Waals surface area contributed by atoms with E-state index in [1.165, 1.54) is 0 Å².